The van der Waals surface area contributed by atoms with Crippen molar-refractivity contribution in [2.75, 3.05) is 6.54 Å². The van der Waals surface area contributed by atoms with Crippen molar-refractivity contribution in [3.63, 3.8) is 0 Å². The maximum absolute atomic E-state index is 13.9. The summed E-state index contributed by atoms with van der Waals surface area (Å²) < 4.78 is 19.1. The Morgan fingerprint density at radius 3 is 2.85 bits per heavy atom. The van der Waals surface area contributed by atoms with E-state index in [0.29, 0.717) is 30.1 Å². The number of pyridine rings is 1. The minimum absolute atomic E-state index is 0.102. The Bertz CT molecular complexity index is 969. The third-order valence-corrected chi connectivity index (χ3v) is 4.85. The molecule has 3 aromatic rings. The number of carbonyl (C=O) groups is 1. The van der Waals surface area contributed by atoms with Crippen LogP contribution in [0.15, 0.2) is 53.1 Å². The lowest BCUT2D eigenvalue weighted by Crippen LogP contribution is -2.31. The van der Waals surface area contributed by atoms with E-state index < -0.39 is 0 Å². The molecule has 1 aliphatic heterocycles. The van der Waals surface area contributed by atoms with Crippen LogP contribution in [-0.4, -0.2) is 27.3 Å². The molecule has 0 saturated carbocycles. The fraction of sp³-hybridized carbons (Fsp3) is 0.286. The second-order valence-corrected chi connectivity index (χ2v) is 6.73. The second-order valence-electron chi connectivity index (χ2n) is 6.73. The molecular formula is C21H20FN3O2. The molecule has 27 heavy (non-hydrogen) atoms. The average molecular weight is 365 g/mol. The van der Waals surface area contributed by atoms with Gasteiger partial charge in [0.2, 0.25) is 0 Å². The number of nitrogens with zero attached hydrogens (tertiary/aromatic N) is 3. The molecule has 0 radical (unpaired) electrons. The smallest absolute Gasteiger partial charge is 0.276 e. The molecule has 1 aliphatic rings. The Morgan fingerprint density at radius 1 is 1.22 bits per heavy atom. The molecule has 5 nitrogen and oxygen atoms in total. The summed E-state index contributed by atoms with van der Waals surface area (Å²) in [5, 5.41) is 0. The van der Waals surface area contributed by atoms with E-state index in [9.17, 15) is 9.18 Å². The van der Waals surface area contributed by atoms with Gasteiger partial charge >= 0.3 is 0 Å². The maximum atomic E-state index is 13.9. The van der Waals surface area contributed by atoms with Gasteiger partial charge in [-0.15, -0.1) is 0 Å². The zero-order valence-electron chi connectivity index (χ0n) is 15.1. The normalized spacial score (nSPS) is 16.7. The molecule has 1 fully saturated rings. The van der Waals surface area contributed by atoms with Gasteiger partial charge in [-0.05, 0) is 36.6 Å². The van der Waals surface area contributed by atoms with Crippen molar-refractivity contribution < 1.29 is 13.6 Å². The van der Waals surface area contributed by atoms with E-state index in [-0.39, 0.29) is 17.8 Å². The predicted molar refractivity (Wildman–Crippen MR) is 97.7 cm³/mol. The molecule has 1 atom stereocenters. The highest BCUT2D eigenvalue weighted by Gasteiger charge is 2.32. The maximum Gasteiger partial charge on any atom is 0.276 e. The van der Waals surface area contributed by atoms with Crippen LogP contribution in [0.1, 0.15) is 52.2 Å². The molecule has 0 bridgehead atoms. The first-order chi connectivity index (χ1) is 13.1. The molecule has 3 heterocycles. The van der Waals surface area contributed by atoms with Crippen LogP contribution >= 0.6 is 0 Å². The Hall–Kier alpha value is -3.02. The Morgan fingerprint density at radius 2 is 2.07 bits per heavy atom. The van der Waals surface area contributed by atoms with E-state index in [2.05, 4.69) is 4.98 Å². The van der Waals surface area contributed by atoms with Crippen LogP contribution in [0, 0.1) is 12.7 Å². The molecule has 2 aromatic heterocycles. The van der Waals surface area contributed by atoms with E-state index in [4.69, 9.17) is 9.40 Å². The van der Waals surface area contributed by atoms with Crippen LogP contribution < -0.4 is 0 Å². The molecule has 6 heteroatoms. The number of oxazole rings is 1. The topological polar surface area (TPSA) is 59.2 Å². The van der Waals surface area contributed by atoms with Crippen molar-refractivity contribution in [2.24, 2.45) is 0 Å². The van der Waals surface area contributed by atoms with E-state index in [1.165, 1.54) is 12.3 Å². The lowest BCUT2D eigenvalue weighted by Gasteiger charge is -2.23. The van der Waals surface area contributed by atoms with Crippen molar-refractivity contribution in [1.29, 1.82) is 0 Å². The van der Waals surface area contributed by atoms with Gasteiger partial charge in [-0.2, -0.15) is 0 Å². The molecule has 1 aromatic carbocycles. The van der Waals surface area contributed by atoms with Gasteiger partial charge in [-0.1, -0.05) is 24.3 Å². The first-order valence-electron chi connectivity index (χ1n) is 9.04. The zero-order valence-corrected chi connectivity index (χ0v) is 15.1. The minimum Gasteiger partial charge on any atom is -0.448 e. The van der Waals surface area contributed by atoms with Crippen molar-refractivity contribution in [3.05, 3.63) is 83.1 Å². The van der Waals surface area contributed by atoms with Crippen LogP contribution in [0.3, 0.4) is 0 Å². The van der Waals surface area contributed by atoms with Crippen molar-refractivity contribution in [1.82, 2.24) is 14.9 Å². The number of halogens is 1. The standard InChI is InChI=1S/C21H20FN3O2/c1-14-23-19(13-27-14)21(26)25-11-5-10-20(25)18-9-4-7-16(24-18)12-15-6-2-3-8-17(15)22/h2-4,6-9,13,20H,5,10-12H2,1H3/t20-/m1/s1. The Kier molecular flexibility index (Phi) is 4.71. The molecule has 0 unspecified atom stereocenters. The average Bonchev–Trinajstić information content (AvgIpc) is 3.32. The van der Waals surface area contributed by atoms with Gasteiger partial charge in [-0.25, -0.2) is 9.37 Å². The predicted octanol–water partition coefficient (Wildman–Crippen LogP) is 4.09. The highest BCUT2D eigenvalue weighted by molar-refractivity contribution is 5.92. The Labute approximate surface area is 156 Å². The van der Waals surface area contributed by atoms with Crippen molar-refractivity contribution in [2.45, 2.75) is 32.2 Å². The highest BCUT2D eigenvalue weighted by atomic mass is 19.1. The van der Waals surface area contributed by atoms with Crippen LogP contribution in [0.4, 0.5) is 4.39 Å². The van der Waals surface area contributed by atoms with E-state index in [0.717, 1.165) is 24.2 Å². The largest absolute Gasteiger partial charge is 0.448 e. The molecule has 0 spiro atoms. The van der Waals surface area contributed by atoms with Gasteiger partial charge < -0.3 is 9.32 Å². The molecule has 1 saturated heterocycles. The first-order valence-corrected chi connectivity index (χ1v) is 9.04. The first kappa shape index (κ1) is 17.4. The van der Waals surface area contributed by atoms with Crippen LogP contribution in [0.2, 0.25) is 0 Å². The van der Waals surface area contributed by atoms with E-state index >= 15 is 0 Å². The lowest BCUT2D eigenvalue weighted by molar-refractivity contribution is 0.0726. The number of rotatable bonds is 4. The van der Waals surface area contributed by atoms with Crippen molar-refractivity contribution >= 4 is 5.91 Å². The summed E-state index contributed by atoms with van der Waals surface area (Å²) in [7, 11) is 0. The third-order valence-electron chi connectivity index (χ3n) is 4.85. The summed E-state index contributed by atoms with van der Waals surface area (Å²) in [4.78, 5) is 23.5. The summed E-state index contributed by atoms with van der Waals surface area (Å²) in [6.45, 7) is 2.38. The number of aromatic nitrogens is 2. The summed E-state index contributed by atoms with van der Waals surface area (Å²) in [5.74, 6) is 0.0959. The zero-order chi connectivity index (χ0) is 18.8. The highest BCUT2D eigenvalue weighted by Crippen LogP contribution is 2.32. The van der Waals surface area contributed by atoms with Crippen LogP contribution in [-0.2, 0) is 6.42 Å². The van der Waals surface area contributed by atoms with E-state index in [1.54, 1.807) is 24.0 Å². The van der Waals surface area contributed by atoms with Crippen LogP contribution in [0.25, 0.3) is 0 Å². The van der Waals surface area contributed by atoms with Gasteiger partial charge in [-0.3, -0.25) is 9.78 Å². The third kappa shape index (κ3) is 3.60. The number of likely N-dealkylation sites (tertiary alicyclic amines) is 1. The van der Waals surface area contributed by atoms with Gasteiger partial charge in [0, 0.05) is 25.6 Å². The summed E-state index contributed by atoms with van der Waals surface area (Å²) in [6.07, 6.45) is 3.57. The second kappa shape index (κ2) is 7.31. The number of hydrogen-bond acceptors (Lipinski definition) is 4. The van der Waals surface area contributed by atoms with E-state index in [1.807, 2.05) is 24.3 Å². The molecule has 4 rings (SSSR count). The molecule has 0 N–H and O–H groups in total. The summed E-state index contributed by atoms with van der Waals surface area (Å²) >= 11 is 0. The number of benzene rings is 1. The summed E-state index contributed by atoms with van der Waals surface area (Å²) in [6, 6.07) is 12.3. The van der Waals surface area contributed by atoms with Gasteiger partial charge in [0.25, 0.3) is 5.91 Å². The number of carbonyl (C=O) groups excluding carboxylic acids is 1. The number of hydrogen-bond donors (Lipinski definition) is 0. The van der Waals surface area contributed by atoms with Crippen molar-refractivity contribution in [3.8, 4) is 0 Å². The Balaban J connectivity index is 1.57. The lowest BCUT2D eigenvalue weighted by atomic mass is 10.1. The minimum atomic E-state index is -0.233. The molecule has 1 amide bonds. The number of amides is 1. The fourth-order valence-electron chi connectivity index (χ4n) is 3.55. The molecular weight excluding hydrogens is 345 g/mol. The van der Waals surface area contributed by atoms with Crippen LogP contribution in [0.5, 0.6) is 0 Å². The quantitative estimate of drug-likeness (QED) is 0.699. The number of aryl methyl sites for hydroxylation is 1. The summed E-state index contributed by atoms with van der Waals surface area (Å²) in [5.41, 5.74) is 2.55. The molecule has 0 aliphatic carbocycles. The fourth-order valence-corrected chi connectivity index (χ4v) is 3.55. The monoisotopic (exact) mass is 365 g/mol. The molecule has 138 valence electrons. The van der Waals surface area contributed by atoms with Gasteiger partial charge in [0.05, 0.1) is 11.7 Å². The van der Waals surface area contributed by atoms with Gasteiger partial charge in [0.1, 0.15) is 12.1 Å². The van der Waals surface area contributed by atoms with Gasteiger partial charge in [0.15, 0.2) is 11.6 Å². The SMILES string of the molecule is Cc1nc(C(=O)N2CCC[C@@H]2c2cccc(Cc3ccccc3F)n2)co1.